The molecule has 2 amide bonds. The number of halogens is 2. The zero-order valence-electron chi connectivity index (χ0n) is 14.7. The summed E-state index contributed by atoms with van der Waals surface area (Å²) >= 11 is 1.18. The van der Waals surface area contributed by atoms with Gasteiger partial charge in [0.15, 0.2) is 16.8 Å². The molecule has 0 bridgehead atoms. The number of thiazole rings is 1. The van der Waals surface area contributed by atoms with Gasteiger partial charge in [0.25, 0.3) is 5.91 Å². The van der Waals surface area contributed by atoms with Crippen molar-refractivity contribution in [2.75, 3.05) is 17.7 Å². The maximum absolute atomic E-state index is 13.2. The summed E-state index contributed by atoms with van der Waals surface area (Å²) < 4.78 is 31.1. The van der Waals surface area contributed by atoms with Crippen LogP contribution in [0.15, 0.2) is 47.8 Å². The number of aromatic nitrogens is 1. The molecular weight excluding hydrogens is 388 g/mol. The topological polar surface area (TPSA) is 80.3 Å². The molecule has 0 fully saturated rings. The minimum Gasteiger partial charge on any atom is -0.497 e. The smallest absolute Gasteiger partial charge is 0.257 e. The van der Waals surface area contributed by atoms with Gasteiger partial charge in [-0.3, -0.25) is 14.9 Å². The van der Waals surface area contributed by atoms with Crippen molar-refractivity contribution in [1.29, 1.82) is 0 Å². The SMILES string of the molecule is COc1ccc(C(=O)Nc2nc(CC(=O)Nc3ccc(F)c(F)c3)cs2)cc1. The Morgan fingerprint density at radius 1 is 1.07 bits per heavy atom. The van der Waals surface area contributed by atoms with Gasteiger partial charge in [-0.05, 0) is 36.4 Å². The monoisotopic (exact) mass is 403 g/mol. The van der Waals surface area contributed by atoms with E-state index in [0.717, 1.165) is 12.1 Å². The minimum atomic E-state index is -1.05. The lowest BCUT2D eigenvalue weighted by atomic mass is 10.2. The molecule has 3 aromatic rings. The molecule has 144 valence electrons. The molecule has 6 nitrogen and oxygen atoms in total. The fourth-order valence-electron chi connectivity index (χ4n) is 2.30. The van der Waals surface area contributed by atoms with Crippen LogP contribution in [0.3, 0.4) is 0 Å². The highest BCUT2D eigenvalue weighted by atomic mass is 32.1. The summed E-state index contributed by atoms with van der Waals surface area (Å²) in [6, 6.07) is 9.68. The molecule has 3 rings (SSSR count). The van der Waals surface area contributed by atoms with Gasteiger partial charge < -0.3 is 10.1 Å². The Labute approximate surface area is 163 Å². The van der Waals surface area contributed by atoms with Crippen LogP contribution >= 0.6 is 11.3 Å². The van der Waals surface area contributed by atoms with Crippen molar-refractivity contribution in [1.82, 2.24) is 4.98 Å². The van der Waals surface area contributed by atoms with Crippen molar-refractivity contribution in [2.24, 2.45) is 0 Å². The third kappa shape index (κ3) is 4.89. The predicted molar refractivity (Wildman–Crippen MR) is 102 cm³/mol. The fourth-order valence-corrected chi connectivity index (χ4v) is 3.01. The van der Waals surface area contributed by atoms with Crippen LogP contribution in [0, 0.1) is 11.6 Å². The van der Waals surface area contributed by atoms with Gasteiger partial charge in [0, 0.05) is 22.7 Å². The molecule has 1 aromatic heterocycles. The van der Waals surface area contributed by atoms with E-state index >= 15 is 0 Å². The van der Waals surface area contributed by atoms with Gasteiger partial charge in [0.05, 0.1) is 19.2 Å². The Morgan fingerprint density at radius 3 is 2.50 bits per heavy atom. The second-order valence-corrected chi connectivity index (χ2v) is 6.54. The van der Waals surface area contributed by atoms with Gasteiger partial charge in [-0.1, -0.05) is 0 Å². The van der Waals surface area contributed by atoms with Crippen molar-refractivity contribution in [3.8, 4) is 5.75 Å². The van der Waals surface area contributed by atoms with Gasteiger partial charge in [0.1, 0.15) is 5.75 Å². The first-order chi connectivity index (χ1) is 13.4. The van der Waals surface area contributed by atoms with Gasteiger partial charge in [-0.25, -0.2) is 13.8 Å². The highest BCUT2D eigenvalue weighted by Gasteiger charge is 2.12. The van der Waals surface area contributed by atoms with Gasteiger partial charge in [-0.15, -0.1) is 11.3 Å². The molecule has 2 aromatic carbocycles. The van der Waals surface area contributed by atoms with E-state index in [1.807, 2.05) is 0 Å². The summed E-state index contributed by atoms with van der Waals surface area (Å²) in [4.78, 5) is 28.4. The van der Waals surface area contributed by atoms with Crippen LogP contribution in [0.5, 0.6) is 5.75 Å². The highest BCUT2D eigenvalue weighted by Crippen LogP contribution is 2.19. The Bertz CT molecular complexity index is 1010. The van der Waals surface area contributed by atoms with Crippen LogP contribution in [0.4, 0.5) is 19.6 Å². The average Bonchev–Trinajstić information content (AvgIpc) is 3.11. The third-order valence-electron chi connectivity index (χ3n) is 3.67. The fraction of sp³-hybridized carbons (Fsp3) is 0.105. The molecule has 0 saturated carbocycles. The number of methoxy groups -OCH3 is 1. The van der Waals surface area contributed by atoms with E-state index in [1.54, 1.807) is 29.6 Å². The average molecular weight is 403 g/mol. The summed E-state index contributed by atoms with van der Waals surface area (Å²) in [5, 5.41) is 7.10. The standard InChI is InChI=1S/C19H15F2N3O3S/c1-27-14-5-2-11(3-6-14)18(26)24-19-23-13(10-28-19)9-17(25)22-12-4-7-15(20)16(21)8-12/h2-8,10H,9H2,1H3,(H,22,25)(H,23,24,26). The first-order valence-corrected chi connectivity index (χ1v) is 8.97. The van der Waals surface area contributed by atoms with E-state index in [-0.39, 0.29) is 18.0 Å². The van der Waals surface area contributed by atoms with E-state index in [0.29, 0.717) is 22.1 Å². The molecule has 0 atom stereocenters. The second-order valence-electron chi connectivity index (χ2n) is 5.68. The molecule has 0 aliphatic rings. The lowest BCUT2D eigenvalue weighted by Gasteiger charge is -2.04. The lowest BCUT2D eigenvalue weighted by Crippen LogP contribution is -2.15. The quantitative estimate of drug-likeness (QED) is 0.655. The Morgan fingerprint density at radius 2 is 1.82 bits per heavy atom. The number of anilines is 2. The summed E-state index contributed by atoms with van der Waals surface area (Å²) in [6.07, 6.45) is -0.0755. The van der Waals surface area contributed by atoms with Crippen LogP contribution in [-0.4, -0.2) is 23.9 Å². The molecule has 0 saturated heterocycles. The van der Waals surface area contributed by atoms with Crippen molar-refractivity contribution in [2.45, 2.75) is 6.42 Å². The molecule has 0 aliphatic heterocycles. The predicted octanol–water partition coefficient (Wildman–Crippen LogP) is 3.86. The van der Waals surface area contributed by atoms with Crippen molar-refractivity contribution >= 4 is 34.0 Å². The Kier molecular flexibility index (Phi) is 5.95. The van der Waals surface area contributed by atoms with Crippen LogP contribution < -0.4 is 15.4 Å². The number of carbonyl (C=O) groups is 2. The van der Waals surface area contributed by atoms with E-state index in [9.17, 15) is 18.4 Å². The molecule has 0 radical (unpaired) electrons. The van der Waals surface area contributed by atoms with Crippen molar-refractivity contribution < 1.29 is 23.1 Å². The third-order valence-corrected chi connectivity index (χ3v) is 4.48. The first kappa shape index (κ1) is 19.4. The zero-order chi connectivity index (χ0) is 20.1. The largest absolute Gasteiger partial charge is 0.497 e. The molecule has 1 heterocycles. The van der Waals surface area contributed by atoms with Crippen molar-refractivity contribution in [3.05, 3.63) is 70.7 Å². The number of hydrogen-bond donors (Lipinski definition) is 2. The van der Waals surface area contributed by atoms with E-state index in [2.05, 4.69) is 15.6 Å². The van der Waals surface area contributed by atoms with Crippen molar-refractivity contribution in [3.63, 3.8) is 0 Å². The molecule has 9 heteroatoms. The molecular formula is C19H15F2N3O3S. The minimum absolute atomic E-state index is 0.0755. The number of nitrogens with zero attached hydrogens (tertiary/aromatic N) is 1. The normalized spacial score (nSPS) is 10.4. The maximum atomic E-state index is 13.2. The van der Waals surface area contributed by atoms with E-state index < -0.39 is 17.5 Å². The van der Waals surface area contributed by atoms with E-state index in [4.69, 9.17) is 4.74 Å². The highest BCUT2D eigenvalue weighted by molar-refractivity contribution is 7.14. The number of carbonyl (C=O) groups excluding carboxylic acids is 2. The van der Waals surface area contributed by atoms with Gasteiger partial charge in [0.2, 0.25) is 5.91 Å². The van der Waals surface area contributed by atoms with Crippen LogP contribution in [-0.2, 0) is 11.2 Å². The number of ether oxygens (including phenoxy) is 1. The number of benzene rings is 2. The molecule has 0 unspecified atom stereocenters. The zero-order valence-corrected chi connectivity index (χ0v) is 15.5. The number of rotatable bonds is 6. The summed E-state index contributed by atoms with van der Waals surface area (Å²) in [7, 11) is 1.54. The number of amides is 2. The summed E-state index contributed by atoms with van der Waals surface area (Å²) in [6.45, 7) is 0. The second kappa shape index (κ2) is 8.57. The van der Waals surface area contributed by atoms with Crippen LogP contribution in [0.2, 0.25) is 0 Å². The molecule has 2 N–H and O–H groups in total. The van der Waals surface area contributed by atoms with E-state index in [1.165, 1.54) is 24.5 Å². The number of hydrogen-bond acceptors (Lipinski definition) is 5. The first-order valence-electron chi connectivity index (χ1n) is 8.09. The Balaban J connectivity index is 1.57. The maximum Gasteiger partial charge on any atom is 0.257 e. The summed E-state index contributed by atoms with van der Waals surface area (Å²) in [5.41, 5.74) is 1.02. The molecule has 28 heavy (non-hydrogen) atoms. The van der Waals surface area contributed by atoms with Gasteiger partial charge >= 0.3 is 0 Å². The van der Waals surface area contributed by atoms with Crippen LogP contribution in [0.1, 0.15) is 16.1 Å². The molecule has 0 spiro atoms. The molecule has 0 aliphatic carbocycles. The van der Waals surface area contributed by atoms with Crippen LogP contribution in [0.25, 0.3) is 0 Å². The number of nitrogens with one attached hydrogen (secondary N) is 2. The Hall–Kier alpha value is -3.33. The lowest BCUT2D eigenvalue weighted by molar-refractivity contribution is -0.115. The van der Waals surface area contributed by atoms with Gasteiger partial charge in [-0.2, -0.15) is 0 Å². The summed E-state index contributed by atoms with van der Waals surface area (Å²) in [5.74, 6) is -2.18.